The first-order valence-corrected chi connectivity index (χ1v) is 14.3. The van der Waals surface area contributed by atoms with Gasteiger partial charge in [0.1, 0.15) is 0 Å². The Kier molecular flexibility index (Phi) is 6.75. The van der Waals surface area contributed by atoms with Gasteiger partial charge in [0.05, 0.1) is 0 Å². The first-order chi connectivity index (χ1) is 9.98. The van der Waals surface area contributed by atoms with Gasteiger partial charge in [-0.15, -0.1) is 0 Å². The number of rotatable bonds is 6. The van der Waals surface area contributed by atoms with E-state index < -0.39 is 11.0 Å². The number of hydrogen-bond donors (Lipinski definition) is 0. The molecule has 0 radical (unpaired) electrons. The van der Waals surface area contributed by atoms with Gasteiger partial charge in [-0.25, -0.2) is 0 Å². The summed E-state index contributed by atoms with van der Waals surface area (Å²) >= 11 is 10.2. The minimum absolute atomic E-state index is 0.166. The molecule has 0 nitrogen and oxygen atoms in total. The summed E-state index contributed by atoms with van der Waals surface area (Å²) in [5.41, 5.74) is 2.10. The molecule has 2 unspecified atom stereocenters. The van der Waals surface area contributed by atoms with E-state index >= 15 is 0 Å². The number of benzene rings is 2. The summed E-state index contributed by atoms with van der Waals surface area (Å²) in [6.45, 7) is 0. The molecular formula is C16H16Cl4Se. The predicted molar refractivity (Wildman–Crippen MR) is 97.1 cm³/mol. The van der Waals surface area contributed by atoms with E-state index in [1.165, 1.54) is 0 Å². The molecule has 5 heteroatoms. The van der Waals surface area contributed by atoms with Crippen LogP contribution in [0.2, 0.25) is 10.6 Å². The van der Waals surface area contributed by atoms with E-state index in [0.717, 1.165) is 11.1 Å². The van der Waals surface area contributed by atoms with Crippen LogP contribution in [0.1, 0.15) is 21.9 Å². The normalized spacial score (nSPS) is 15.4. The second-order valence-electron chi connectivity index (χ2n) is 4.79. The zero-order valence-electron chi connectivity index (χ0n) is 11.3. The van der Waals surface area contributed by atoms with Gasteiger partial charge >= 0.3 is 148 Å². The van der Waals surface area contributed by atoms with Gasteiger partial charge in [0.2, 0.25) is 0 Å². The maximum atomic E-state index is 6.58. The van der Waals surface area contributed by atoms with E-state index in [1.54, 1.807) is 0 Å². The molecule has 0 aliphatic rings. The van der Waals surface area contributed by atoms with Crippen molar-refractivity contribution < 1.29 is 0 Å². The fourth-order valence-corrected chi connectivity index (χ4v) is 11.4. The molecule has 2 atom stereocenters. The Balaban J connectivity index is 1.98. The van der Waals surface area contributed by atoms with Gasteiger partial charge in [-0.05, 0) is 0 Å². The van der Waals surface area contributed by atoms with Crippen LogP contribution in [-0.4, -0.2) is 11.0 Å². The van der Waals surface area contributed by atoms with Crippen LogP contribution < -0.4 is 0 Å². The monoisotopic (exact) mass is 428 g/mol. The zero-order chi connectivity index (χ0) is 15.3. The van der Waals surface area contributed by atoms with E-state index in [4.69, 9.17) is 43.4 Å². The molecule has 0 N–H and O–H groups in total. The molecule has 0 fully saturated rings. The molecule has 0 saturated carbocycles. The van der Waals surface area contributed by atoms with Crippen LogP contribution in [0.5, 0.6) is 0 Å². The molecule has 0 spiro atoms. The van der Waals surface area contributed by atoms with Crippen LogP contribution in [0.4, 0.5) is 0 Å². The molecule has 2 rings (SSSR count). The molecule has 21 heavy (non-hydrogen) atoms. The Morgan fingerprint density at radius 3 is 1.33 bits per heavy atom. The molecule has 114 valence electrons. The van der Waals surface area contributed by atoms with Crippen LogP contribution in [0.15, 0.2) is 60.7 Å². The quantitative estimate of drug-likeness (QED) is 0.348. The molecule has 0 aliphatic carbocycles. The number of halogens is 4. The van der Waals surface area contributed by atoms with E-state index in [-0.39, 0.29) is 10.8 Å². The second kappa shape index (κ2) is 8.11. The van der Waals surface area contributed by atoms with Gasteiger partial charge in [0.15, 0.2) is 0 Å². The fraction of sp³-hybridized carbons (Fsp3) is 0.250. The summed E-state index contributed by atoms with van der Waals surface area (Å²) in [6.07, 6.45) is 0. The Hall–Kier alpha value is 0.119. The molecule has 2 aromatic rings. The fourth-order valence-electron chi connectivity index (χ4n) is 2.01. The van der Waals surface area contributed by atoms with Crippen molar-refractivity contribution in [1.29, 1.82) is 0 Å². The van der Waals surface area contributed by atoms with Crippen molar-refractivity contribution in [3.05, 3.63) is 71.8 Å². The second-order valence-corrected chi connectivity index (χ2v) is 17.1. The standard InChI is InChI=1S/C16H16Cl4Se/c17-15(13-7-3-1-4-8-13)11-21(19,20)12-16(18)14-9-5-2-6-10-14/h1-10,15-16H,11-12H2. The average molecular weight is 429 g/mol. The predicted octanol–water partition coefficient (Wildman–Crippen LogP) is 6.87. The van der Waals surface area contributed by atoms with E-state index in [2.05, 4.69) is 0 Å². The molecule has 0 bridgehead atoms. The summed E-state index contributed by atoms with van der Waals surface area (Å²) < 4.78 is 0. The van der Waals surface area contributed by atoms with Crippen molar-refractivity contribution in [2.24, 2.45) is 0 Å². The van der Waals surface area contributed by atoms with E-state index in [1.807, 2.05) is 60.7 Å². The maximum absolute atomic E-state index is 6.58. The van der Waals surface area contributed by atoms with E-state index in [9.17, 15) is 0 Å². The third-order valence-corrected chi connectivity index (χ3v) is 10.8. The summed E-state index contributed by atoms with van der Waals surface area (Å²) in [5, 5.41) is 0.865. The van der Waals surface area contributed by atoms with E-state index in [0.29, 0.717) is 10.6 Å². The van der Waals surface area contributed by atoms with Crippen molar-refractivity contribution in [2.45, 2.75) is 21.4 Å². The van der Waals surface area contributed by atoms with Gasteiger partial charge in [-0.3, -0.25) is 0 Å². The van der Waals surface area contributed by atoms with Gasteiger partial charge in [-0.2, -0.15) is 0 Å². The van der Waals surface area contributed by atoms with Crippen molar-refractivity contribution >= 4 is 54.4 Å². The minimum atomic E-state index is -2.71. The molecule has 0 saturated heterocycles. The summed E-state index contributed by atoms with van der Waals surface area (Å²) in [7, 11) is 13.2. The molecule has 2 aromatic carbocycles. The number of alkyl halides is 2. The Bertz CT molecular complexity index is 495. The van der Waals surface area contributed by atoms with Gasteiger partial charge in [0.25, 0.3) is 0 Å². The Morgan fingerprint density at radius 2 is 1.00 bits per heavy atom. The molecule has 0 aliphatic heterocycles. The molecule has 0 heterocycles. The van der Waals surface area contributed by atoms with Crippen LogP contribution in [0.25, 0.3) is 0 Å². The Labute approximate surface area is 147 Å². The van der Waals surface area contributed by atoms with Crippen LogP contribution in [0.3, 0.4) is 0 Å². The van der Waals surface area contributed by atoms with Gasteiger partial charge in [-0.1, -0.05) is 0 Å². The first kappa shape index (κ1) is 17.5. The SMILES string of the molecule is ClC(C[Se](Cl)(Cl)CC(Cl)c1ccccc1)c1ccccc1. The third kappa shape index (κ3) is 5.67. The summed E-state index contributed by atoms with van der Waals surface area (Å²) in [5.74, 6) is 0. The molecule has 0 aromatic heterocycles. The van der Waals surface area contributed by atoms with Crippen molar-refractivity contribution in [1.82, 2.24) is 0 Å². The van der Waals surface area contributed by atoms with Crippen molar-refractivity contribution in [3.63, 3.8) is 0 Å². The molecular weight excluding hydrogens is 413 g/mol. The van der Waals surface area contributed by atoms with Gasteiger partial charge in [0, 0.05) is 0 Å². The van der Waals surface area contributed by atoms with Crippen LogP contribution >= 0.6 is 43.4 Å². The Morgan fingerprint density at radius 1 is 0.667 bits per heavy atom. The van der Waals surface area contributed by atoms with Crippen LogP contribution in [-0.2, 0) is 0 Å². The van der Waals surface area contributed by atoms with Crippen LogP contribution in [0, 0.1) is 0 Å². The summed E-state index contributed by atoms with van der Waals surface area (Å²) in [4.78, 5) is 0. The zero-order valence-corrected chi connectivity index (χ0v) is 16.0. The first-order valence-electron chi connectivity index (χ1n) is 6.54. The number of hydrogen-bond acceptors (Lipinski definition) is 0. The van der Waals surface area contributed by atoms with Gasteiger partial charge < -0.3 is 0 Å². The third-order valence-electron chi connectivity index (χ3n) is 3.10. The van der Waals surface area contributed by atoms with Crippen molar-refractivity contribution in [2.75, 3.05) is 0 Å². The average Bonchev–Trinajstić information content (AvgIpc) is 2.48. The topological polar surface area (TPSA) is 0 Å². The van der Waals surface area contributed by atoms with Crippen molar-refractivity contribution in [3.8, 4) is 0 Å². The summed E-state index contributed by atoms with van der Waals surface area (Å²) in [6, 6.07) is 19.8. The molecule has 0 amide bonds.